The molecule has 5 heterocycles. The van der Waals surface area contributed by atoms with Crippen LogP contribution in [-0.2, 0) is 5.41 Å². The van der Waals surface area contributed by atoms with Crippen LogP contribution in [0.15, 0.2) is 255 Å². The Hall–Kier alpha value is -10.3. The van der Waals surface area contributed by atoms with E-state index in [1.807, 2.05) is 24.3 Å². The molecule has 0 bridgehead atoms. The molecule has 79 heavy (non-hydrogen) atoms. The van der Waals surface area contributed by atoms with Crippen LogP contribution in [-0.4, -0.2) is 14.5 Å². The molecule has 13 aromatic rings. The number of benzene rings is 10. The quantitative estimate of drug-likeness (QED) is 0.176. The average Bonchev–Trinajstić information content (AvgIpc) is 3.59. The molecular weight excluding hydrogens is 965 g/mol. The molecule has 0 amide bonds. The summed E-state index contributed by atoms with van der Waals surface area (Å²) in [6.45, 7) is 0. The summed E-state index contributed by atoms with van der Waals surface area (Å²) in [5, 5.41) is 2.28. The Morgan fingerprint density at radius 1 is 0.354 bits per heavy atom. The summed E-state index contributed by atoms with van der Waals surface area (Å²) >= 11 is 0. The van der Waals surface area contributed by atoms with Crippen molar-refractivity contribution in [1.29, 1.82) is 0 Å². The van der Waals surface area contributed by atoms with E-state index in [4.69, 9.17) is 19.4 Å². The monoisotopic (exact) mass is 1010 g/mol. The zero-order valence-corrected chi connectivity index (χ0v) is 42.5. The third-order valence-corrected chi connectivity index (χ3v) is 17.7. The van der Waals surface area contributed by atoms with Crippen molar-refractivity contribution in [2.24, 2.45) is 0 Å². The molecule has 10 aromatic carbocycles. The van der Waals surface area contributed by atoms with Crippen LogP contribution in [0.2, 0.25) is 0 Å². The molecule has 1 spiro atoms. The van der Waals surface area contributed by atoms with E-state index >= 15 is 0 Å². The number of hydrogen-bond donors (Lipinski definition) is 0. The van der Waals surface area contributed by atoms with Gasteiger partial charge in [-0.05, 0) is 128 Å². The van der Waals surface area contributed by atoms with Gasteiger partial charge in [0.1, 0.15) is 5.75 Å². The largest absolute Gasteiger partial charge is 0.454 e. The Bertz CT molecular complexity index is 4520. The van der Waals surface area contributed by atoms with Crippen LogP contribution in [0, 0.1) is 0 Å². The first-order chi connectivity index (χ1) is 39.2. The summed E-state index contributed by atoms with van der Waals surface area (Å²) in [6, 6.07) is 88.1. The van der Waals surface area contributed by atoms with Gasteiger partial charge in [0.05, 0.1) is 44.9 Å². The van der Waals surface area contributed by atoms with E-state index in [0.29, 0.717) is 0 Å². The average molecular weight is 1010 g/mol. The fourth-order valence-corrected chi connectivity index (χ4v) is 14.5. The third-order valence-electron chi connectivity index (χ3n) is 17.7. The first-order valence-corrected chi connectivity index (χ1v) is 27.2. The first kappa shape index (κ1) is 42.9. The number of pyridine rings is 2. The zero-order chi connectivity index (χ0) is 51.5. The van der Waals surface area contributed by atoms with Gasteiger partial charge in [0, 0.05) is 62.9 Å². The topological polar surface area (TPSA) is 52.4 Å². The van der Waals surface area contributed by atoms with Crippen molar-refractivity contribution < 1.29 is 9.47 Å². The van der Waals surface area contributed by atoms with Gasteiger partial charge in [0.15, 0.2) is 17.2 Å². The van der Waals surface area contributed by atoms with Crippen molar-refractivity contribution in [2.75, 3.05) is 4.90 Å². The van der Waals surface area contributed by atoms with Gasteiger partial charge in [0.2, 0.25) is 0 Å². The summed E-state index contributed by atoms with van der Waals surface area (Å²) in [7, 11) is 0. The van der Waals surface area contributed by atoms with Gasteiger partial charge >= 0.3 is 0 Å². The van der Waals surface area contributed by atoms with Gasteiger partial charge < -0.3 is 18.9 Å². The number of anilines is 3. The lowest BCUT2D eigenvalue weighted by Crippen LogP contribution is -2.33. The minimum absolute atomic E-state index is 0.0104. The highest BCUT2D eigenvalue weighted by molar-refractivity contribution is 6.11. The predicted molar refractivity (Wildman–Crippen MR) is 314 cm³/mol. The molecule has 0 unspecified atom stereocenters. The van der Waals surface area contributed by atoms with E-state index in [-0.39, 0.29) is 11.8 Å². The molecule has 0 N–H and O–H groups in total. The Kier molecular flexibility index (Phi) is 8.62. The van der Waals surface area contributed by atoms with Crippen molar-refractivity contribution in [3.8, 4) is 62.3 Å². The van der Waals surface area contributed by atoms with Crippen LogP contribution >= 0.6 is 0 Å². The van der Waals surface area contributed by atoms with Crippen LogP contribution in [0.3, 0.4) is 0 Å². The summed E-state index contributed by atoms with van der Waals surface area (Å²) in [4.78, 5) is 13.5. The molecule has 0 fully saturated rings. The van der Waals surface area contributed by atoms with Gasteiger partial charge in [-0.25, -0.2) is 0 Å². The van der Waals surface area contributed by atoms with Crippen molar-refractivity contribution in [3.63, 3.8) is 0 Å². The second kappa shape index (κ2) is 15.9. The molecule has 0 saturated heterocycles. The molecule has 368 valence electrons. The Balaban J connectivity index is 0.899. The maximum absolute atomic E-state index is 7.51. The predicted octanol–water partition coefficient (Wildman–Crippen LogP) is 17.9. The van der Waals surface area contributed by atoms with E-state index in [1.165, 1.54) is 44.5 Å². The maximum Gasteiger partial charge on any atom is 0.156 e. The van der Waals surface area contributed by atoms with Crippen LogP contribution in [0.4, 0.5) is 17.1 Å². The normalized spacial score (nSPS) is 14.5. The summed E-state index contributed by atoms with van der Waals surface area (Å²) in [6.07, 6.45) is 4.24. The molecule has 6 nitrogen and oxygen atoms in total. The van der Waals surface area contributed by atoms with Gasteiger partial charge in [-0.2, -0.15) is 0 Å². The Labute approximate surface area is 455 Å². The van der Waals surface area contributed by atoms with Crippen LogP contribution in [0.25, 0.3) is 61.1 Å². The van der Waals surface area contributed by atoms with Gasteiger partial charge in [-0.1, -0.05) is 170 Å². The molecule has 0 saturated carbocycles. The van der Waals surface area contributed by atoms with Crippen molar-refractivity contribution in [2.45, 2.75) is 17.3 Å². The Morgan fingerprint density at radius 2 is 0.823 bits per heavy atom. The molecule has 5 aliphatic rings. The standard InChI is InChI=1S/C73H44N4O2/c1-5-23-51-46(18-1)47-19-2-6-24-52(47)68(51)43-38-58-70(74-41-43)71-59(39-44(42-75-71)69-53-25-7-3-20-48(53)49-21-4-8-26-54(49)69)73(58)56-27-10-14-33-65(56)79-72-57(73)28-17-32-64(72)77-60-29-11-9-22-50(60)55-40-45(36-37-61(55)77)76-62-30-12-15-34-66(62)78-67-35-16-13-31-63(67)76/h1-42,68-69H. The van der Waals surface area contributed by atoms with Crippen LogP contribution in [0.5, 0.6) is 23.0 Å². The number of hydrogen-bond acceptors (Lipinski definition) is 5. The number of fused-ring (bicyclic) bond motifs is 20. The fraction of sp³-hybridized carbons (Fsp3) is 0.0411. The van der Waals surface area contributed by atoms with Crippen LogP contribution < -0.4 is 14.4 Å². The summed E-state index contributed by atoms with van der Waals surface area (Å²) in [5.41, 5.74) is 23.9. The Morgan fingerprint density at radius 3 is 1.42 bits per heavy atom. The lowest BCUT2D eigenvalue weighted by atomic mass is 9.65. The highest BCUT2D eigenvalue weighted by Gasteiger charge is 2.54. The molecule has 3 aromatic heterocycles. The minimum atomic E-state index is -0.894. The fourth-order valence-electron chi connectivity index (χ4n) is 14.5. The van der Waals surface area contributed by atoms with E-state index < -0.39 is 5.41 Å². The molecule has 2 aliphatic heterocycles. The zero-order valence-electron chi connectivity index (χ0n) is 42.5. The molecular formula is C73H44N4O2. The SMILES string of the molecule is c1ccc2c(c1)Oc1ccccc1N2c1ccc2c(c1)c1ccccc1n2-c1cccc2c1Oc1ccccc1C21c2cc(C3c4ccccc4-c4ccccc43)cnc2-c2ncc(C3c4ccccc4-c4ccccc43)cc21. The smallest absolute Gasteiger partial charge is 0.156 e. The summed E-state index contributed by atoms with van der Waals surface area (Å²) in [5.74, 6) is 3.22. The number of rotatable bonds is 4. The van der Waals surface area contributed by atoms with Gasteiger partial charge in [-0.15, -0.1) is 0 Å². The molecule has 3 aliphatic carbocycles. The van der Waals surface area contributed by atoms with E-state index in [9.17, 15) is 0 Å². The van der Waals surface area contributed by atoms with E-state index in [0.717, 1.165) is 112 Å². The van der Waals surface area contributed by atoms with Crippen molar-refractivity contribution in [1.82, 2.24) is 14.5 Å². The van der Waals surface area contributed by atoms with Crippen LogP contribution in [0.1, 0.15) is 67.5 Å². The lowest BCUT2D eigenvalue weighted by Gasteiger charge is -2.40. The number of aromatic nitrogens is 3. The molecule has 0 atom stereocenters. The summed E-state index contributed by atoms with van der Waals surface area (Å²) < 4.78 is 16.4. The van der Waals surface area contributed by atoms with Gasteiger partial charge in [0.25, 0.3) is 0 Å². The van der Waals surface area contributed by atoms with E-state index in [1.54, 1.807) is 0 Å². The molecule has 0 radical (unpaired) electrons. The van der Waals surface area contributed by atoms with Crippen molar-refractivity contribution in [3.05, 3.63) is 311 Å². The second-order valence-electron chi connectivity index (χ2n) is 21.5. The second-order valence-corrected chi connectivity index (χ2v) is 21.5. The lowest BCUT2D eigenvalue weighted by molar-refractivity contribution is 0.434. The first-order valence-electron chi connectivity index (χ1n) is 27.2. The van der Waals surface area contributed by atoms with Crippen molar-refractivity contribution >= 4 is 38.9 Å². The minimum Gasteiger partial charge on any atom is -0.454 e. The number of para-hydroxylation sites is 7. The number of nitrogens with zero attached hydrogens (tertiary/aromatic N) is 4. The highest BCUT2D eigenvalue weighted by Crippen LogP contribution is 2.64. The molecule has 6 heteroatoms. The van der Waals surface area contributed by atoms with Gasteiger partial charge in [-0.3, -0.25) is 9.97 Å². The van der Waals surface area contributed by atoms with E-state index in [2.05, 4.69) is 240 Å². The maximum atomic E-state index is 7.51. The highest BCUT2D eigenvalue weighted by atomic mass is 16.5. The number of ether oxygens (including phenoxy) is 2. The third kappa shape index (κ3) is 5.69. The molecule has 18 rings (SSSR count).